The Bertz CT molecular complexity index is 809. The van der Waals surface area contributed by atoms with E-state index in [1.165, 1.54) is 11.8 Å². The number of nitrogens with zero attached hydrogens (tertiary/aromatic N) is 1. The number of hydrogen-bond acceptors (Lipinski definition) is 2. The van der Waals surface area contributed by atoms with Gasteiger partial charge in [-0.05, 0) is 29.2 Å². The monoisotopic (exact) mass is 392 g/mol. The summed E-state index contributed by atoms with van der Waals surface area (Å²) in [6.07, 6.45) is 0. The molecule has 0 heterocycles. The first kappa shape index (κ1) is 20.3. The van der Waals surface area contributed by atoms with Crippen LogP contribution in [0.4, 0.5) is 11.4 Å². The van der Waals surface area contributed by atoms with E-state index in [0.717, 1.165) is 11.3 Å². The third kappa shape index (κ3) is 4.77. The second kappa shape index (κ2) is 8.11. The summed E-state index contributed by atoms with van der Waals surface area (Å²) < 4.78 is 0. The molecule has 0 radical (unpaired) electrons. The quantitative estimate of drug-likeness (QED) is 0.768. The van der Waals surface area contributed by atoms with E-state index < -0.39 is 0 Å². The van der Waals surface area contributed by atoms with Crippen LogP contribution in [-0.2, 0) is 15.0 Å². The van der Waals surface area contributed by atoms with Crippen LogP contribution in [0.3, 0.4) is 0 Å². The van der Waals surface area contributed by atoms with Crippen molar-refractivity contribution < 1.29 is 9.59 Å². The van der Waals surface area contributed by atoms with Crippen LogP contribution in [0.2, 0.25) is 10.0 Å². The zero-order valence-electron chi connectivity index (χ0n) is 15.3. The van der Waals surface area contributed by atoms with Crippen molar-refractivity contribution in [3.8, 4) is 0 Å². The van der Waals surface area contributed by atoms with Crippen molar-refractivity contribution in [1.29, 1.82) is 0 Å². The average molecular weight is 393 g/mol. The van der Waals surface area contributed by atoms with Crippen LogP contribution in [-0.4, -0.2) is 18.4 Å². The van der Waals surface area contributed by atoms with Crippen LogP contribution in [0.25, 0.3) is 0 Å². The van der Waals surface area contributed by atoms with Crippen LogP contribution in [0, 0.1) is 0 Å². The molecule has 138 valence electrons. The molecular formula is C20H22Cl2N2O2. The predicted octanol–water partition coefficient (Wildman–Crippen LogP) is 5.28. The zero-order valence-corrected chi connectivity index (χ0v) is 16.8. The normalized spacial score (nSPS) is 11.2. The smallest absolute Gasteiger partial charge is 0.244 e. The molecule has 6 heteroatoms. The summed E-state index contributed by atoms with van der Waals surface area (Å²) in [5, 5.41) is 3.52. The van der Waals surface area contributed by atoms with Crippen molar-refractivity contribution in [3.63, 3.8) is 0 Å². The van der Waals surface area contributed by atoms with Gasteiger partial charge in [0.05, 0.1) is 15.7 Å². The highest BCUT2D eigenvalue weighted by Crippen LogP contribution is 2.34. The molecule has 0 aliphatic rings. The number of nitrogens with one attached hydrogen (secondary N) is 1. The van der Waals surface area contributed by atoms with Gasteiger partial charge >= 0.3 is 0 Å². The number of benzene rings is 2. The standard InChI is InChI=1S/C20H22Cl2N2O2/c1-13(25)24(19-15(21)9-7-10-16(19)22)12-18(26)23-17-11-6-5-8-14(17)20(2,3)4/h5-11H,12H2,1-4H3,(H,23,26). The van der Waals surface area contributed by atoms with Crippen molar-refractivity contribution in [1.82, 2.24) is 0 Å². The van der Waals surface area contributed by atoms with Crippen LogP contribution in [0.15, 0.2) is 42.5 Å². The van der Waals surface area contributed by atoms with Gasteiger partial charge in [0, 0.05) is 12.6 Å². The lowest BCUT2D eigenvalue weighted by molar-refractivity contribution is -0.120. The van der Waals surface area contributed by atoms with E-state index in [1.807, 2.05) is 24.3 Å². The molecule has 4 nitrogen and oxygen atoms in total. The van der Waals surface area contributed by atoms with Crippen LogP contribution >= 0.6 is 23.2 Å². The Balaban J connectivity index is 2.27. The molecule has 0 atom stereocenters. The summed E-state index contributed by atoms with van der Waals surface area (Å²) in [7, 11) is 0. The fraction of sp³-hybridized carbons (Fsp3) is 0.300. The van der Waals surface area contributed by atoms with Crippen LogP contribution in [0.1, 0.15) is 33.3 Å². The molecule has 1 N–H and O–H groups in total. The number of carbonyl (C=O) groups is 2. The molecule has 0 bridgehead atoms. The number of carbonyl (C=O) groups excluding carboxylic acids is 2. The topological polar surface area (TPSA) is 49.4 Å². The van der Waals surface area contributed by atoms with Gasteiger partial charge in [-0.2, -0.15) is 0 Å². The maximum atomic E-state index is 12.6. The predicted molar refractivity (Wildman–Crippen MR) is 108 cm³/mol. The lowest BCUT2D eigenvalue weighted by atomic mass is 9.86. The maximum absolute atomic E-state index is 12.6. The van der Waals surface area contributed by atoms with E-state index in [0.29, 0.717) is 15.7 Å². The van der Waals surface area contributed by atoms with Crippen molar-refractivity contribution >= 4 is 46.4 Å². The first-order valence-corrected chi connectivity index (χ1v) is 8.98. The van der Waals surface area contributed by atoms with Crippen molar-refractivity contribution in [2.45, 2.75) is 33.1 Å². The number of hydrogen-bond donors (Lipinski definition) is 1. The highest BCUT2D eigenvalue weighted by molar-refractivity contribution is 6.40. The van der Waals surface area contributed by atoms with E-state index in [4.69, 9.17) is 23.2 Å². The maximum Gasteiger partial charge on any atom is 0.244 e. The Morgan fingerprint density at radius 1 is 1.00 bits per heavy atom. The van der Waals surface area contributed by atoms with E-state index in [2.05, 4.69) is 26.1 Å². The number of anilines is 2. The lowest BCUT2D eigenvalue weighted by Gasteiger charge is -2.25. The van der Waals surface area contributed by atoms with Gasteiger partial charge in [-0.15, -0.1) is 0 Å². The van der Waals surface area contributed by atoms with E-state index in [1.54, 1.807) is 18.2 Å². The van der Waals surface area contributed by atoms with Crippen LogP contribution in [0.5, 0.6) is 0 Å². The Labute approximate surface area is 164 Å². The molecule has 0 spiro atoms. The van der Waals surface area contributed by atoms with Crippen molar-refractivity contribution in [2.75, 3.05) is 16.8 Å². The fourth-order valence-electron chi connectivity index (χ4n) is 2.67. The summed E-state index contributed by atoms with van der Waals surface area (Å²) >= 11 is 12.4. The van der Waals surface area contributed by atoms with Crippen LogP contribution < -0.4 is 10.2 Å². The van der Waals surface area contributed by atoms with Gasteiger partial charge in [0.15, 0.2) is 0 Å². The fourth-order valence-corrected chi connectivity index (χ4v) is 3.28. The summed E-state index contributed by atoms with van der Waals surface area (Å²) in [6, 6.07) is 12.6. The lowest BCUT2D eigenvalue weighted by Crippen LogP contribution is -2.37. The Kier molecular flexibility index (Phi) is 6.32. The number of rotatable bonds is 4. The molecule has 0 aliphatic heterocycles. The minimum absolute atomic E-state index is 0.129. The molecule has 26 heavy (non-hydrogen) atoms. The molecule has 2 rings (SSSR count). The molecule has 0 aliphatic carbocycles. The van der Waals surface area contributed by atoms with Crippen molar-refractivity contribution in [3.05, 3.63) is 58.1 Å². The molecule has 0 saturated heterocycles. The third-order valence-electron chi connectivity index (χ3n) is 3.90. The van der Waals surface area contributed by atoms with Gasteiger partial charge in [0.1, 0.15) is 6.54 Å². The first-order chi connectivity index (χ1) is 12.1. The summed E-state index contributed by atoms with van der Waals surface area (Å²) in [5.74, 6) is -0.646. The summed E-state index contributed by atoms with van der Waals surface area (Å²) in [6.45, 7) is 7.41. The summed E-state index contributed by atoms with van der Waals surface area (Å²) in [5.41, 5.74) is 1.94. The summed E-state index contributed by atoms with van der Waals surface area (Å²) in [4.78, 5) is 26.0. The number of para-hydroxylation sites is 2. The van der Waals surface area contributed by atoms with Gasteiger partial charge in [-0.3, -0.25) is 9.59 Å². The largest absolute Gasteiger partial charge is 0.324 e. The third-order valence-corrected chi connectivity index (χ3v) is 4.51. The van der Waals surface area contributed by atoms with Gasteiger partial charge < -0.3 is 10.2 Å². The minimum Gasteiger partial charge on any atom is -0.324 e. The zero-order chi connectivity index (χ0) is 19.5. The highest BCUT2D eigenvalue weighted by atomic mass is 35.5. The number of halogens is 2. The molecule has 0 fully saturated rings. The molecule has 2 amide bonds. The van der Waals surface area contributed by atoms with E-state index in [9.17, 15) is 9.59 Å². The molecule has 2 aromatic rings. The second-order valence-electron chi connectivity index (χ2n) is 7.02. The molecule has 0 aromatic heterocycles. The van der Waals surface area contributed by atoms with Gasteiger partial charge in [-0.25, -0.2) is 0 Å². The molecule has 0 unspecified atom stereocenters. The van der Waals surface area contributed by atoms with E-state index in [-0.39, 0.29) is 23.8 Å². The van der Waals surface area contributed by atoms with Gasteiger partial charge in [-0.1, -0.05) is 68.2 Å². The minimum atomic E-state index is -0.326. The first-order valence-electron chi connectivity index (χ1n) is 8.22. The SMILES string of the molecule is CC(=O)N(CC(=O)Nc1ccccc1C(C)(C)C)c1c(Cl)cccc1Cl. The molecular weight excluding hydrogens is 371 g/mol. The average Bonchev–Trinajstić information content (AvgIpc) is 2.53. The molecule has 2 aromatic carbocycles. The number of amides is 2. The Morgan fingerprint density at radius 3 is 2.12 bits per heavy atom. The second-order valence-corrected chi connectivity index (χ2v) is 7.83. The highest BCUT2D eigenvalue weighted by Gasteiger charge is 2.23. The van der Waals surface area contributed by atoms with E-state index >= 15 is 0 Å². The Morgan fingerprint density at radius 2 is 1.58 bits per heavy atom. The van der Waals surface area contributed by atoms with Gasteiger partial charge in [0.25, 0.3) is 0 Å². The Hall–Kier alpha value is -2.04. The van der Waals surface area contributed by atoms with Gasteiger partial charge in [0.2, 0.25) is 11.8 Å². The molecule has 0 saturated carbocycles. The van der Waals surface area contributed by atoms with Crippen molar-refractivity contribution in [2.24, 2.45) is 0 Å².